The number of rotatable bonds is 4. The molecule has 0 fully saturated rings. The van der Waals surface area contributed by atoms with Gasteiger partial charge in [-0.3, -0.25) is 0 Å². The zero-order chi connectivity index (χ0) is 10.7. The summed E-state index contributed by atoms with van der Waals surface area (Å²) in [6.45, 7) is 9.29. The molecule has 4 nitrogen and oxygen atoms in total. The van der Waals surface area contributed by atoms with E-state index in [-0.39, 0.29) is 6.61 Å². The van der Waals surface area contributed by atoms with Crippen LogP contribution in [0.4, 0.5) is 0 Å². The van der Waals surface area contributed by atoms with E-state index in [0.29, 0.717) is 17.7 Å². The van der Waals surface area contributed by atoms with Crippen LogP contribution in [0.5, 0.6) is 0 Å². The molecule has 0 saturated heterocycles. The Bertz CT molecular complexity index is 292. The van der Waals surface area contributed by atoms with Crippen molar-refractivity contribution in [1.82, 2.24) is 14.8 Å². The predicted octanol–water partition coefficient (Wildman–Crippen LogP) is 1.55. The summed E-state index contributed by atoms with van der Waals surface area (Å²) in [5.41, 5.74) is 0. The van der Waals surface area contributed by atoms with Gasteiger partial charge >= 0.3 is 0 Å². The van der Waals surface area contributed by atoms with Gasteiger partial charge in [-0.1, -0.05) is 27.7 Å². The van der Waals surface area contributed by atoms with Crippen LogP contribution < -0.4 is 0 Å². The topological polar surface area (TPSA) is 50.9 Å². The minimum atomic E-state index is -0.0353. The highest BCUT2D eigenvalue weighted by molar-refractivity contribution is 4.99. The minimum Gasteiger partial charge on any atom is -0.388 e. The maximum atomic E-state index is 9.10. The van der Waals surface area contributed by atoms with Crippen molar-refractivity contribution in [2.45, 2.75) is 46.8 Å². The molecule has 80 valence electrons. The molecule has 0 bridgehead atoms. The molecular weight excluding hydrogens is 178 g/mol. The molecule has 4 heteroatoms. The summed E-state index contributed by atoms with van der Waals surface area (Å²) < 4.78 is 2.02. The fourth-order valence-electron chi connectivity index (χ4n) is 1.46. The molecule has 1 N–H and O–H groups in total. The zero-order valence-corrected chi connectivity index (χ0v) is 9.36. The first-order valence-electron chi connectivity index (χ1n) is 5.09. The smallest absolute Gasteiger partial charge is 0.158 e. The summed E-state index contributed by atoms with van der Waals surface area (Å²) in [4.78, 5) is 0. The number of hydrogen-bond donors (Lipinski definition) is 1. The molecular formula is C10H19N3O. The average molecular weight is 197 g/mol. The van der Waals surface area contributed by atoms with Crippen LogP contribution in [0.3, 0.4) is 0 Å². The largest absolute Gasteiger partial charge is 0.388 e. The van der Waals surface area contributed by atoms with E-state index in [0.717, 1.165) is 12.4 Å². The van der Waals surface area contributed by atoms with E-state index in [1.807, 2.05) is 4.57 Å². The highest BCUT2D eigenvalue weighted by Crippen LogP contribution is 2.15. The highest BCUT2D eigenvalue weighted by atomic mass is 16.3. The van der Waals surface area contributed by atoms with Gasteiger partial charge in [-0.05, 0) is 5.92 Å². The standard InChI is InChI=1S/C10H19N3O/c1-7(2)5-13-9(6-14)11-12-10(13)8(3)4/h7-8,14H,5-6H2,1-4H3. The van der Waals surface area contributed by atoms with Crippen molar-refractivity contribution in [3.63, 3.8) is 0 Å². The van der Waals surface area contributed by atoms with E-state index in [4.69, 9.17) is 5.11 Å². The van der Waals surface area contributed by atoms with Crippen molar-refractivity contribution in [3.05, 3.63) is 11.6 Å². The third-order valence-corrected chi connectivity index (χ3v) is 2.06. The first-order valence-corrected chi connectivity index (χ1v) is 5.09. The van der Waals surface area contributed by atoms with Gasteiger partial charge in [-0.15, -0.1) is 10.2 Å². The van der Waals surface area contributed by atoms with E-state index >= 15 is 0 Å². The SMILES string of the molecule is CC(C)Cn1c(CO)nnc1C(C)C. The van der Waals surface area contributed by atoms with Crippen molar-refractivity contribution in [3.8, 4) is 0 Å². The van der Waals surface area contributed by atoms with Gasteiger partial charge in [-0.25, -0.2) is 0 Å². The second kappa shape index (κ2) is 4.55. The maximum absolute atomic E-state index is 9.10. The van der Waals surface area contributed by atoms with Gasteiger partial charge in [0.25, 0.3) is 0 Å². The van der Waals surface area contributed by atoms with Crippen molar-refractivity contribution in [2.75, 3.05) is 0 Å². The van der Waals surface area contributed by atoms with E-state index in [1.54, 1.807) is 0 Å². The number of hydrogen-bond acceptors (Lipinski definition) is 3. The Morgan fingerprint density at radius 2 is 1.86 bits per heavy atom. The van der Waals surface area contributed by atoms with E-state index in [2.05, 4.69) is 37.9 Å². The summed E-state index contributed by atoms with van der Waals surface area (Å²) in [6.07, 6.45) is 0. The number of aromatic nitrogens is 3. The monoisotopic (exact) mass is 197 g/mol. The summed E-state index contributed by atoms with van der Waals surface area (Å²) in [5, 5.41) is 17.2. The van der Waals surface area contributed by atoms with Gasteiger partial charge in [0.15, 0.2) is 5.82 Å². The quantitative estimate of drug-likeness (QED) is 0.796. The van der Waals surface area contributed by atoms with Crippen LogP contribution in [0.15, 0.2) is 0 Å². The molecule has 0 aliphatic rings. The number of aliphatic hydroxyl groups is 1. The van der Waals surface area contributed by atoms with Crippen LogP contribution >= 0.6 is 0 Å². The molecule has 1 aromatic rings. The molecule has 1 aromatic heterocycles. The van der Waals surface area contributed by atoms with Crippen LogP contribution in [0, 0.1) is 5.92 Å². The molecule has 0 unspecified atom stereocenters. The summed E-state index contributed by atoms with van der Waals surface area (Å²) in [5.74, 6) is 2.51. The average Bonchev–Trinajstić information content (AvgIpc) is 2.46. The normalized spacial score (nSPS) is 11.6. The zero-order valence-electron chi connectivity index (χ0n) is 9.36. The summed E-state index contributed by atoms with van der Waals surface area (Å²) in [7, 11) is 0. The second-order valence-corrected chi connectivity index (χ2v) is 4.29. The van der Waals surface area contributed by atoms with Gasteiger partial charge in [0, 0.05) is 12.5 Å². The van der Waals surface area contributed by atoms with Crippen molar-refractivity contribution < 1.29 is 5.11 Å². The first kappa shape index (κ1) is 11.2. The van der Waals surface area contributed by atoms with Crippen LogP contribution in [0.25, 0.3) is 0 Å². The lowest BCUT2D eigenvalue weighted by atomic mass is 10.2. The van der Waals surface area contributed by atoms with Crippen molar-refractivity contribution >= 4 is 0 Å². The van der Waals surface area contributed by atoms with Crippen LogP contribution in [-0.2, 0) is 13.2 Å². The molecule has 1 heterocycles. The molecule has 0 aliphatic heterocycles. The molecule has 0 aliphatic carbocycles. The molecule has 0 amide bonds. The van der Waals surface area contributed by atoms with Crippen LogP contribution in [-0.4, -0.2) is 19.9 Å². The van der Waals surface area contributed by atoms with E-state index < -0.39 is 0 Å². The van der Waals surface area contributed by atoms with Gasteiger partial charge in [0.05, 0.1) is 0 Å². The van der Waals surface area contributed by atoms with Gasteiger partial charge in [-0.2, -0.15) is 0 Å². The third-order valence-electron chi connectivity index (χ3n) is 2.06. The molecule has 1 rings (SSSR count). The Labute approximate surface area is 85.0 Å². The van der Waals surface area contributed by atoms with Gasteiger partial charge in [0.1, 0.15) is 12.4 Å². The Hall–Kier alpha value is -0.900. The fraction of sp³-hybridized carbons (Fsp3) is 0.800. The maximum Gasteiger partial charge on any atom is 0.158 e. The van der Waals surface area contributed by atoms with Gasteiger partial charge < -0.3 is 9.67 Å². The number of nitrogens with zero attached hydrogens (tertiary/aromatic N) is 3. The molecule has 0 aromatic carbocycles. The summed E-state index contributed by atoms with van der Waals surface area (Å²) >= 11 is 0. The van der Waals surface area contributed by atoms with Crippen molar-refractivity contribution in [2.24, 2.45) is 5.92 Å². The van der Waals surface area contributed by atoms with Crippen molar-refractivity contribution in [1.29, 1.82) is 0 Å². The lowest BCUT2D eigenvalue weighted by Crippen LogP contribution is -2.12. The second-order valence-electron chi connectivity index (χ2n) is 4.29. The molecule has 0 spiro atoms. The molecule has 14 heavy (non-hydrogen) atoms. The molecule has 0 saturated carbocycles. The Morgan fingerprint density at radius 1 is 1.21 bits per heavy atom. The molecule has 0 radical (unpaired) electrons. The van der Waals surface area contributed by atoms with Gasteiger partial charge in [0.2, 0.25) is 0 Å². The molecule has 0 atom stereocenters. The van der Waals surface area contributed by atoms with E-state index in [9.17, 15) is 0 Å². The first-order chi connectivity index (χ1) is 6.56. The minimum absolute atomic E-state index is 0.0353. The van der Waals surface area contributed by atoms with E-state index in [1.165, 1.54) is 0 Å². The Balaban J connectivity index is 3.00. The highest BCUT2D eigenvalue weighted by Gasteiger charge is 2.14. The Kier molecular flexibility index (Phi) is 3.63. The third kappa shape index (κ3) is 2.32. The number of aliphatic hydroxyl groups excluding tert-OH is 1. The Morgan fingerprint density at radius 3 is 2.29 bits per heavy atom. The van der Waals surface area contributed by atoms with Crippen LogP contribution in [0.2, 0.25) is 0 Å². The van der Waals surface area contributed by atoms with Crippen LogP contribution in [0.1, 0.15) is 45.3 Å². The lowest BCUT2D eigenvalue weighted by molar-refractivity contribution is 0.261. The fourth-order valence-corrected chi connectivity index (χ4v) is 1.46. The lowest BCUT2D eigenvalue weighted by Gasteiger charge is -2.13. The summed E-state index contributed by atoms with van der Waals surface area (Å²) in [6, 6.07) is 0. The predicted molar refractivity (Wildman–Crippen MR) is 54.9 cm³/mol.